The van der Waals surface area contributed by atoms with Crippen LogP contribution in [0.1, 0.15) is 30.7 Å². The Labute approximate surface area is 181 Å². The zero-order valence-electron chi connectivity index (χ0n) is 15.0. The summed E-state index contributed by atoms with van der Waals surface area (Å²) in [5.41, 5.74) is 0.873. The summed E-state index contributed by atoms with van der Waals surface area (Å²) >= 11 is 1.93. The number of aliphatic carboxylic acids is 1. The van der Waals surface area contributed by atoms with Crippen molar-refractivity contribution in [1.82, 2.24) is 4.72 Å². The van der Waals surface area contributed by atoms with Gasteiger partial charge in [0.15, 0.2) is 11.5 Å². The van der Waals surface area contributed by atoms with Crippen LogP contribution >= 0.6 is 22.6 Å². The number of para-hydroxylation sites is 1. The van der Waals surface area contributed by atoms with Crippen molar-refractivity contribution in [2.75, 3.05) is 0 Å². The summed E-state index contributed by atoms with van der Waals surface area (Å²) in [7, 11) is -4.39. The van der Waals surface area contributed by atoms with Gasteiger partial charge in [-0.1, -0.05) is 18.2 Å². The highest BCUT2D eigenvalue weighted by Gasteiger charge is 2.46. The molecule has 0 saturated heterocycles. The molecule has 0 amide bonds. The van der Waals surface area contributed by atoms with Gasteiger partial charge in [-0.15, -0.1) is 4.72 Å². The second-order valence-corrected chi connectivity index (χ2v) is 9.91. The summed E-state index contributed by atoms with van der Waals surface area (Å²) < 4.78 is 38.9. The first kappa shape index (κ1) is 20.4. The molecule has 29 heavy (non-hydrogen) atoms. The van der Waals surface area contributed by atoms with Crippen molar-refractivity contribution in [2.45, 2.75) is 42.1 Å². The molecule has 3 unspecified atom stereocenters. The van der Waals surface area contributed by atoms with Gasteiger partial charge >= 0.3 is 11.9 Å². The van der Waals surface area contributed by atoms with Crippen molar-refractivity contribution in [3.63, 3.8) is 0 Å². The third-order valence-corrected chi connectivity index (χ3v) is 7.15. The van der Waals surface area contributed by atoms with E-state index in [4.69, 9.17) is 9.47 Å². The highest BCUT2D eigenvalue weighted by molar-refractivity contribution is 14.1. The van der Waals surface area contributed by atoms with Crippen molar-refractivity contribution in [1.29, 1.82) is 0 Å². The Kier molecular flexibility index (Phi) is 5.21. The number of fused-ring (bicyclic) bond motifs is 3. The number of carboxylic acids is 1. The fraction of sp³-hybridized carbons (Fsp3) is 0.316. The van der Waals surface area contributed by atoms with Gasteiger partial charge in [-0.05, 0) is 66.1 Å². The number of aliphatic hydroxyl groups is 1. The molecule has 1 fully saturated rings. The minimum absolute atomic E-state index is 0.0178. The zero-order chi connectivity index (χ0) is 20.8. The molecule has 2 aliphatic rings. The summed E-state index contributed by atoms with van der Waals surface area (Å²) in [5, 5.41) is 20.1. The average Bonchev–Trinajstić information content (AvgIpc) is 3.23. The van der Waals surface area contributed by atoms with Crippen LogP contribution in [0.4, 0.5) is 0 Å². The van der Waals surface area contributed by atoms with Gasteiger partial charge in [0.1, 0.15) is 6.10 Å². The molecule has 8 nitrogen and oxygen atoms in total. The Hall–Kier alpha value is -1.89. The topological polar surface area (TPSA) is 122 Å². The number of halogens is 1. The Morgan fingerprint density at radius 1 is 1.24 bits per heavy atom. The van der Waals surface area contributed by atoms with Gasteiger partial charge in [0.05, 0.1) is 4.90 Å². The average molecular weight is 531 g/mol. The van der Waals surface area contributed by atoms with E-state index < -0.39 is 21.9 Å². The third kappa shape index (κ3) is 3.81. The number of hydrogen-bond acceptors (Lipinski definition) is 6. The molecule has 3 N–H and O–H groups in total. The lowest BCUT2D eigenvalue weighted by molar-refractivity contribution is -0.197. The van der Waals surface area contributed by atoms with E-state index in [1.165, 1.54) is 24.3 Å². The fourth-order valence-corrected chi connectivity index (χ4v) is 5.65. The maximum atomic E-state index is 12.6. The quantitative estimate of drug-likeness (QED) is 0.387. The summed E-state index contributed by atoms with van der Waals surface area (Å²) in [4.78, 5) is 11.6. The molecular formula is C19H18INO7S. The molecule has 0 aromatic heterocycles. The number of rotatable bonds is 6. The highest BCUT2D eigenvalue weighted by Crippen LogP contribution is 2.51. The predicted octanol–water partition coefficient (Wildman–Crippen LogP) is 2.41. The second-order valence-electron chi connectivity index (χ2n) is 6.98. The van der Waals surface area contributed by atoms with Gasteiger partial charge in [0.2, 0.25) is 10.0 Å². The number of benzene rings is 2. The van der Waals surface area contributed by atoms with E-state index in [0.717, 1.165) is 24.8 Å². The number of sulfonamides is 1. The minimum atomic E-state index is -4.39. The van der Waals surface area contributed by atoms with Crippen LogP contribution in [0.5, 0.6) is 11.5 Å². The van der Waals surface area contributed by atoms with Crippen molar-refractivity contribution in [3.8, 4) is 11.5 Å². The molecule has 4 rings (SSSR count). The number of nitrogens with one attached hydrogen (secondary N) is 1. The lowest BCUT2D eigenvalue weighted by Gasteiger charge is -2.26. The van der Waals surface area contributed by atoms with E-state index in [1.54, 1.807) is 16.9 Å². The molecule has 1 aliphatic heterocycles. The van der Waals surface area contributed by atoms with Crippen molar-refractivity contribution in [2.24, 2.45) is 0 Å². The molecule has 3 atom stereocenters. The van der Waals surface area contributed by atoms with E-state index in [2.05, 4.69) is 0 Å². The van der Waals surface area contributed by atoms with Crippen LogP contribution in [0.25, 0.3) is 0 Å². The second kappa shape index (κ2) is 7.42. The Morgan fingerprint density at radius 2 is 2.00 bits per heavy atom. The first-order valence-electron chi connectivity index (χ1n) is 8.93. The van der Waals surface area contributed by atoms with Gasteiger partial charge in [-0.2, -0.15) is 0 Å². The molecule has 10 heteroatoms. The van der Waals surface area contributed by atoms with Crippen LogP contribution in [0.2, 0.25) is 0 Å². The summed E-state index contributed by atoms with van der Waals surface area (Å²) in [6.45, 7) is 0. The third-order valence-electron chi connectivity index (χ3n) is 5.06. The standard InChI is InChI=1S/C19H18INO7S/c20-11-4-1-5-12(10-11)29(25,26)21-19(24,18(22)23)28-16-9-3-7-14-13-6-2-8-15(13)27-17(14)16/h1,3-5,7,9-10,13,15,21,24H,2,6,8H2,(H,22,23). The van der Waals surface area contributed by atoms with Crippen LogP contribution in [0, 0.1) is 3.57 Å². The molecule has 154 valence electrons. The lowest BCUT2D eigenvalue weighted by atomic mass is 9.97. The molecule has 2 aromatic rings. The summed E-state index contributed by atoms with van der Waals surface area (Å²) in [6, 6.07) is 10.8. The van der Waals surface area contributed by atoms with Gasteiger partial charge in [-0.25, -0.2) is 13.2 Å². The van der Waals surface area contributed by atoms with Crippen LogP contribution in [0.3, 0.4) is 0 Å². The maximum absolute atomic E-state index is 12.6. The van der Waals surface area contributed by atoms with E-state index in [9.17, 15) is 23.4 Å². The Morgan fingerprint density at radius 3 is 2.72 bits per heavy atom. The SMILES string of the molecule is O=C(O)C(O)(NS(=O)(=O)c1cccc(I)c1)Oc1cccc2c1OC1CCCC21. The molecule has 0 radical (unpaired) electrons. The van der Waals surface area contributed by atoms with E-state index in [-0.39, 0.29) is 22.7 Å². The number of carboxylic acid groups (broad SMARTS) is 1. The smallest absolute Gasteiger partial charge is 0.395 e. The van der Waals surface area contributed by atoms with Crippen LogP contribution < -0.4 is 14.2 Å². The molecule has 0 spiro atoms. The van der Waals surface area contributed by atoms with E-state index >= 15 is 0 Å². The molecule has 1 saturated carbocycles. The van der Waals surface area contributed by atoms with Gasteiger partial charge in [-0.3, -0.25) is 0 Å². The van der Waals surface area contributed by atoms with Crippen LogP contribution in [-0.2, 0) is 14.8 Å². The minimum Gasteiger partial charge on any atom is -0.486 e. The fourth-order valence-electron chi connectivity index (χ4n) is 3.75. The first-order valence-corrected chi connectivity index (χ1v) is 11.5. The molecule has 0 bridgehead atoms. The maximum Gasteiger partial charge on any atom is 0.395 e. The van der Waals surface area contributed by atoms with E-state index in [1.807, 2.05) is 28.7 Å². The van der Waals surface area contributed by atoms with Crippen molar-refractivity contribution >= 4 is 38.6 Å². The lowest BCUT2D eigenvalue weighted by Crippen LogP contribution is -2.58. The van der Waals surface area contributed by atoms with Crippen molar-refractivity contribution < 1.29 is 32.9 Å². The molecule has 2 aromatic carbocycles. The number of carbonyl (C=O) groups is 1. The van der Waals surface area contributed by atoms with Crippen LogP contribution in [0.15, 0.2) is 47.4 Å². The van der Waals surface area contributed by atoms with Gasteiger partial charge in [0.25, 0.3) is 0 Å². The molecule has 1 aliphatic carbocycles. The zero-order valence-corrected chi connectivity index (χ0v) is 18.0. The van der Waals surface area contributed by atoms with E-state index in [0.29, 0.717) is 9.32 Å². The van der Waals surface area contributed by atoms with Crippen LogP contribution in [-0.4, -0.2) is 36.6 Å². The molecular weight excluding hydrogens is 513 g/mol. The molecule has 1 heterocycles. The monoisotopic (exact) mass is 531 g/mol. The van der Waals surface area contributed by atoms with Gasteiger partial charge in [0, 0.05) is 15.1 Å². The van der Waals surface area contributed by atoms with Gasteiger partial charge < -0.3 is 19.7 Å². The Balaban J connectivity index is 1.65. The van der Waals surface area contributed by atoms with Crippen molar-refractivity contribution in [3.05, 3.63) is 51.6 Å². The number of ether oxygens (including phenoxy) is 2. The Bertz CT molecular complexity index is 1070. The summed E-state index contributed by atoms with van der Waals surface area (Å²) in [6.07, 6.45) is 2.84. The summed E-state index contributed by atoms with van der Waals surface area (Å²) in [5.74, 6) is -4.62. The number of hydrogen-bond donors (Lipinski definition) is 3. The first-order chi connectivity index (χ1) is 13.7. The largest absolute Gasteiger partial charge is 0.486 e. The normalized spacial score (nSPS) is 22.3. The highest BCUT2D eigenvalue weighted by atomic mass is 127. The predicted molar refractivity (Wildman–Crippen MR) is 110 cm³/mol.